The Morgan fingerprint density at radius 3 is 2.70 bits per heavy atom. The number of anilines is 1. The molecule has 3 rings (SSSR count). The topological polar surface area (TPSA) is 86.7 Å². The summed E-state index contributed by atoms with van der Waals surface area (Å²) in [5.74, 6) is -0.101. The van der Waals surface area contributed by atoms with E-state index < -0.39 is 6.04 Å². The first kappa shape index (κ1) is 12.5. The number of hydrogen-bond donors (Lipinski definition) is 1. The molecule has 0 aliphatic rings. The molecule has 1 atom stereocenters. The highest BCUT2D eigenvalue weighted by atomic mass is 32.1. The fourth-order valence-electron chi connectivity index (χ4n) is 1.95. The number of Topliss-reactive ketones (excluding diaryl/α,β-unsaturated/α-hetero) is 1. The number of nitrogens with zero attached hydrogens (tertiary/aromatic N) is 4. The van der Waals surface area contributed by atoms with Gasteiger partial charge in [0.2, 0.25) is 5.78 Å². The Morgan fingerprint density at radius 1 is 1.30 bits per heavy atom. The number of carbonyl (C=O) groups is 1. The van der Waals surface area contributed by atoms with Crippen LogP contribution >= 0.6 is 11.3 Å². The van der Waals surface area contributed by atoms with Crippen LogP contribution in [-0.4, -0.2) is 25.5 Å². The van der Waals surface area contributed by atoms with Gasteiger partial charge >= 0.3 is 0 Å². The molecule has 0 spiro atoms. The summed E-state index contributed by atoms with van der Waals surface area (Å²) in [5.41, 5.74) is 6.44. The lowest BCUT2D eigenvalue weighted by molar-refractivity contribution is 0.0943. The van der Waals surface area contributed by atoms with Crippen molar-refractivity contribution < 1.29 is 4.79 Å². The van der Waals surface area contributed by atoms with Crippen LogP contribution in [-0.2, 0) is 0 Å². The lowest BCUT2D eigenvalue weighted by Gasteiger charge is -2.15. The molecule has 2 N–H and O–H groups in total. The average Bonchev–Trinajstić information content (AvgIpc) is 3.12. The van der Waals surface area contributed by atoms with Crippen LogP contribution < -0.4 is 5.73 Å². The van der Waals surface area contributed by atoms with Crippen LogP contribution in [0, 0.1) is 0 Å². The third kappa shape index (κ3) is 2.30. The van der Waals surface area contributed by atoms with Gasteiger partial charge in [-0.1, -0.05) is 41.7 Å². The Balaban J connectivity index is 2.05. The van der Waals surface area contributed by atoms with E-state index in [-0.39, 0.29) is 5.78 Å². The van der Waals surface area contributed by atoms with Crippen LogP contribution in [0.3, 0.4) is 0 Å². The summed E-state index contributed by atoms with van der Waals surface area (Å²) in [4.78, 5) is 21.0. The largest absolute Gasteiger partial charge is 0.375 e. The molecule has 6 nitrogen and oxygen atoms in total. The minimum atomic E-state index is -0.557. The van der Waals surface area contributed by atoms with Crippen molar-refractivity contribution in [2.75, 3.05) is 5.73 Å². The van der Waals surface area contributed by atoms with E-state index in [2.05, 4.69) is 15.1 Å². The Morgan fingerprint density at radius 2 is 2.10 bits per heavy atom. The molecule has 0 amide bonds. The molecule has 0 aliphatic carbocycles. The standard InChI is InChI=1S/C13H11N5OS/c14-13-16-6-10(20-13)12(19)11(18-8-15-7-17-18)9-4-2-1-3-5-9/h1-8,11H,(H2,14,16). The zero-order valence-electron chi connectivity index (χ0n) is 10.4. The van der Waals surface area contributed by atoms with E-state index in [9.17, 15) is 4.79 Å². The summed E-state index contributed by atoms with van der Waals surface area (Å²) in [7, 11) is 0. The smallest absolute Gasteiger partial charge is 0.203 e. The molecule has 0 saturated carbocycles. The van der Waals surface area contributed by atoms with Gasteiger partial charge in [0.15, 0.2) is 5.13 Å². The van der Waals surface area contributed by atoms with E-state index >= 15 is 0 Å². The second-order valence-electron chi connectivity index (χ2n) is 4.12. The summed E-state index contributed by atoms with van der Waals surface area (Å²) in [6, 6.07) is 8.88. The Labute approximate surface area is 118 Å². The molecule has 7 heteroatoms. The van der Waals surface area contributed by atoms with Crippen molar-refractivity contribution in [2.45, 2.75) is 6.04 Å². The summed E-state index contributed by atoms with van der Waals surface area (Å²) in [6.07, 6.45) is 4.43. The first-order valence-corrected chi connectivity index (χ1v) is 6.72. The number of nitrogens with two attached hydrogens (primary N) is 1. The normalized spacial score (nSPS) is 12.2. The number of aromatic nitrogens is 4. The fraction of sp³-hybridized carbons (Fsp3) is 0.0769. The summed E-state index contributed by atoms with van der Waals surface area (Å²) < 4.78 is 1.54. The van der Waals surface area contributed by atoms with Crippen LogP contribution in [0.4, 0.5) is 5.13 Å². The third-order valence-corrected chi connectivity index (χ3v) is 3.67. The van der Waals surface area contributed by atoms with E-state index in [1.807, 2.05) is 30.3 Å². The maximum absolute atomic E-state index is 12.7. The van der Waals surface area contributed by atoms with E-state index in [0.717, 1.165) is 5.56 Å². The third-order valence-electron chi connectivity index (χ3n) is 2.83. The van der Waals surface area contributed by atoms with Gasteiger partial charge in [-0.15, -0.1) is 0 Å². The number of hydrogen-bond acceptors (Lipinski definition) is 6. The highest BCUT2D eigenvalue weighted by Gasteiger charge is 2.26. The van der Waals surface area contributed by atoms with Gasteiger partial charge in [0.1, 0.15) is 18.7 Å². The zero-order valence-corrected chi connectivity index (χ0v) is 11.2. The second kappa shape index (κ2) is 5.22. The molecule has 0 fully saturated rings. The summed E-state index contributed by atoms with van der Waals surface area (Å²) in [6.45, 7) is 0. The molecule has 0 saturated heterocycles. The predicted octanol–water partition coefficient (Wildman–Crippen LogP) is 1.79. The van der Waals surface area contributed by atoms with Gasteiger partial charge in [0.25, 0.3) is 0 Å². The van der Waals surface area contributed by atoms with Crippen LogP contribution in [0.25, 0.3) is 0 Å². The minimum Gasteiger partial charge on any atom is -0.375 e. The van der Waals surface area contributed by atoms with Crippen LogP contribution in [0.15, 0.2) is 49.2 Å². The summed E-state index contributed by atoms with van der Waals surface area (Å²) in [5, 5.41) is 4.46. The lowest BCUT2D eigenvalue weighted by atomic mass is 10.0. The lowest BCUT2D eigenvalue weighted by Crippen LogP contribution is -2.20. The molecule has 0 radical (unpaired) electrons. The maximum Gasteiger partial charge on any atom is 0.203 e. The second-order valence-corrected chi connectivity index (χ2v) is 5.18. The van der Waals surface area contributed by atoms with Crippen molar-refractivity contribution in [1.82, 2.24) is 19.7 Å². The van der Waals surface area contributed by atoms with Gasteiger partial charge in [-0.25, -0.2) is 14.6 Å². The molecule has 0 aliphatic heterocycles. The number of benzene rings is 1. The Kier molecular flexibility index (Phi) is 3.26. The SMILES string of the molecule is Nc1ncc(C(=O)C(c2ccccc2)n2cncn2)s1. The van der Waals surface area contributed by atoms with Gasteiger partial charge in [-0.05, 0) is 5.56 Å². The van der Waals surface area contributed by atoms with E-state index in [4.69, 9.17) is 5.73 Å². The van der Waals surface area contributed by atoms with Gasteiger partial charge in [-0.2, -0.15) is 5.10 Å². The van der Waals surface area contributed by atoms with Crippen molar-refractivity contribution in [3.63, 3.8) is 0 Å². The molecule has 1 unspecified atom stereocenters. The number of ketones is 1. The number of nitrogen functional groups attached to an aromatic ring is 1. The van der Waals surface area contributed by atoms with E-state index in [1.165, 1.54) is 34.9 Å². The van der Waals surface area contributed by atoms with Crippen molar-refractivity contribution in [3.8, 4) is 0 Å². The van der Waals surface area contributed by atoms with E-state index in [0.29, 0.717) is 10.0 Å². The first-order valence-electron chi connectivity index (χ1n) is 5.90. The minimum absolute atomic E-state index is 0.101. The van der Waals surface area contributed by atoms with Gasteiger partial charge in [-0.3, -0.25) is 4.79 Å². The van der Waals surface area contributed by atoms with Gasteiger partial charge < -0.3 is 5.73 Å². The maximum atomic E-state index is 12.7. The van der Waals surface area contributed by atoms with Gasteiger partial charge in [0, 0.05) is 0 Å². The molecule has 20 heavy (non-hydrogen) atoms. The fourth-order valence-corrected chi connectivity index (χ4v) is 2.59. The Bertz CT molecular complexity index is 707. The number of rotatable bonds is 4. The van der Waals surface area contributed by atoms with Crippen LogP contribution in [0.5, 0.6) is 0 Å². The zero-order chi connectivity index (χ0) is 13.9. The predicted molar refractivity (Wildman–Crippen MR) is 75.5 cm³/mol. The van der Waals surface area contributed by atoms with Crippen molar-refractivity contribution >= 4 is 22.3 Å². The van der Waals surface area contributed by atoms with Crippen molar-refractivity contribution in [2.24, 2.45) is 0 Å². The van der Waals surface area contributed by atoms with Crippen LogP contribution in [0.1, 0.15) is 21.3 Å². The molecule has 0 bridgehead atoms. The van der Waals surface area contributed by atoms with Crippen molar-refractivity contribution in [1.29, 1.82) is 0 Å². The van der Waals surface area contributed by atoms with Crippen LogP contribution in [0.2, 0.25) is 0 Å². The molecular formula is C13H11N5OS. The first-order chi connectivity index (χ1) is 9.75. The molecule has 2 aromatic heterocycles. The monoisotopic (exact) mass is 285 g/mol. The molecule has 2 heterocycles. The molecule has 3 aromatic rings. The van der Waals surface area contributed by atoms with E-state index in [1.54, 1.807) is 0 Å². The number of thiazole rings is 1. The molecular weight excluding hydrogens is 274 g/mol. The van der Waals surface area contributed by atoms with Crippen molar-refractivity contribution in [3.05, 3.63) is 59.6 Å². The summed E-state index contributed by atoms with van der Waals surface area (Å²) >= 11 is 1.17. The quantitative estimate of drug-likeness (QED) is 0.738. The average molecular weight is 285 g/mol. The Hall–Kier alpha value is -2.54. The highest BCUT2D eigenvalue weighted by Crippen LogP contribution is 2.25. The molecule has 100 valence electrons. The molecule has 1 aromatic carbocycles. The number of carbonyl (C=O) groups excluding carboxylic acids is 1. The van der Waals surface area contributed by atoms with Gasteiger partial charge in [0.05, 0.1) is 11.1 Å². The highest BCUT2D eigenvalue weighted by molar-refractivity contribution is 7.17.